The fourth-order valence-corrected chi connectivity index (χ4v) is 2.10. The fourth-order valence-electron chi connectivity index (χ4n) is 2.10. The van der Waals surface area contributed by atoms with E-state index in [1.165, 1.54) is 51.4 Å². The molecule has 0 saturated carbocycles. The van der Waals surface area contributed by atoms with Crippen LogP contribution in [0.2, 0.25) is 0 Å². The predicted molar refractivity (Wildman–Crippen MR) is 88.3 cm³/mol. The Balaban J connectivity index is 4.29. The van der Waals surface area contributed by atoms with Gasteiger partial charge in [-0.05, 0) is 31.2 Å². The molecule has 0 bridgehead atoms. The van der Waals surface area contributed by atoms with E-state index in [0.717, 1.165) is 13.1 Å². The van der Waals surface area contributed by atoms with Crippen LogP contribution in [0.4, 0.5) is 0 Å². The molecule has 0 amide bonds. The van der Waals surface area contributed by atoms with Crippen molar-refractivity contribution in [2.75, 3.05) is 13.1 Å². The van der Waals surface area contributed by atoms with Crippen molar-refractivity contribution in [1.82, 2.24) is 4.90 Å². The summed E-state index contributed by atoms with van der Waals surface area (Å²) in [6.45, 7) is 6.56. The van der Waals surface area contributed by atoms with Gasteiger partial charge in [-0.1, -0.05) is 52.4 Å². The van der Waals surface area contributed by atoms with Gasteiger partial charge in [0.15, 0.2) is 0 Å². The highest BCUT2D eigenvalue weighted by molar-refractivity contribution is 5.37. The van der Waals surface area contributed by atoms with Gasteiger partial charge in [-0.3, -0.25) is 0 Å². The van der Waals surface area contributed by atoms with Gasteiger partial charge in [0, 0.05) is 13.1 Å². The Morgan fingerprint density at radius 2 is 1.38 bits per heavy atom. The molecule has 0 radical (unpaired) electrons. The zero-order valence-electron chi connectivity index (χ0n) is 13.6. The van der Waals surface area contributed by atoms with Crippen LogP contribution in [0.3, 0.4) is 0 Å². The van der Waals surface area contributed by atoms with Crippen LogP contribution < -0.4 is 0 Å². The summed E-state index contributed by atoms with van der Waals surface area (Å²) in [6, 6.07) is 3.75. The summed E-state index contributed by atoms with van der Waals surface area (Å²) >= 11 is 0. The van der Waals surface area contributed by atoms with E-state index in [0.29, 0.717) is 0 Å². The second-order valence-corrected chi connectivity index (χ2v) is 5.30. The van der Waals surface area contributed by atoms with Gasteiger partial charge in [-0.15, -0.1) is 0 Å². The molecule has 0 heterocycles. The Labute approximate surface area is 130 Å². The van der Waals surface area contributed by atoms with Gasteiger partial charge in [0.2, 0.25) is 0 Å². The Kier molecular flexibility index (Phi) is 13.4. The SMILES string of the molecule is CCCCCCN(/C=C/C=C(C#N)C#N)CCCCCC. The van der Waals surface area contributed by atoms with Crippen LogP contribution in [0, 0.1) is 22.7 Å². The molecule has 0 saturated heterocycles. The van der Waals surface area contributed by atoms with Crippen molar-refractivity contribution in [2.45, 2.75) is 65.2 Å². The lowest BCUT2D eigenvalue weighted by Gasteiger charge is -2.20. The molecule has 0 spiro atoms. The van der Waals surface area contributed by atoms with Gasteiger partial charge >= 0.3 is 0 Å². The van der Waals surface area contributed by atoms with Crippen molar-refractivity contribution in [3.8, 4) is 12.1 Å². The molecule has 0 aromatic carbocycles. The van der Waals surface area contributed by atoms with Crippen LogP contribution in [0.1, 0.15) is 65.2 Å². The third-order valence-corrected chi connectivity index (χ3v) is 3.40. The highest BCUT2D eigenvalue weighted by Crippen LogP contribution is 2.06. The van der Waals surface area contributed by atoms with E-state index in [9.17, 15) is 0 Å². The minimum atomic E-state index is 0.156. The van der Waals surface area contributed by atoms with Gasteiger partial charge in [0.1, 0.15) is 17.7 Å². The summed E-state index contributed by atoms with van der Waals surface area (Å²) in [4.78, 5) is 2.31. The van der Waals surface area contributed by atoms with E-state index >= 15 is 0 Å². The number of hydrogen-bond acceptors (Lipinski definition) is 3. The van der Waals surface area contributed by atoms with Gasteiger partial charge in [0.25, 0.3) is 0 Å². The van der Waals surface area contributed by atoms with E-state index in [4.69, 9.17) is 10.5 Å². The molecule has 0 atom stereocenters. The largest absolute Gasteiger partial charge is 0.377 e. The highest BCUT2D eigenvalue weighted by atomic mass is 15.1. The second kappa shape index (κ2) is 14.7. The van der Waals surface area contributed by atoms with Crippen molar-refractivity contribution < 1.29 is 0 Å². The quantitative estimate of drug-likeness (QED) is 0.290. The number of hydrogen-bond donors (Lipinski definition) is 0. The average molecular weight is 287 g/mol. The number of allylic oxidation sites excluding steroid dienone is 3. The molecule has 0 aliphatic heterocycles. The summed E-state index contributed by atoms with van der Waals surface area (Å²) in [6.07, 6.45) is 15.5. The van der Waals surface area contributed by atoms with Crippen LogP contribution in [0.25, 0.3) is 0 Å². The van der Waals surface area contributed by atoms with Gasteiger partial charge in [0.05, 0.1) is 0 Å². The van der Waals surface area contributed by atoms with Gasteiger partial charge in [-0.25, -0.2) is 0 Å². The van der Waals surface area contributed by atoms with E-state index in [1.807, 2.05) is 24.4 Å². The van der Waals surface area contributed by atoms with Crippen molar-refractivity contribution in [3.63, 3.8) is 0 Å². The number of unbranched alkanes of at least 4 members (excludes halogenated alkanes) is 6. The third kappa shape index (κ3) is 11.8. The topological polar surface area (TPSA) is 50.8 Å². The molecule has 3 nitrogen and oxygen atoms in total. The minimum Gasteiger partial charge on any atom is -0.377 e. The summed E-state index contributed by atoms with van der Waals surface area (Å²) in [5.41, 5.74) is 0.156. The molecule has 0 unspecified atom stereocenters. The smallest absolute Gasteiger partial charge is 0.129 e. The second-order valence-electron chi connectivity index (χ2n) is 5.30. The average Bonchev–Trinajstić information content (AvgIpc) is 2.51. The van der Waals surface area contributed by atoms with Crippen LogP contribution in [-0.2, 0) is 0 Å². The summed E-state index contributed by atoms with van der Waals surface area (Å²) < 4.78 is 0. The Hall–Kier alpha value is -1.74. The van der Waals surface area contributed by atoms with Crippen LogP contribution >= 0.6 is 0 Å². The number of rotatable bonds is 12. The number of nitriles is 2. The summed E-state index contributed by atoms with van der Waals surface area (Å²) in [7, 11) is 0. The zero-order valence-corrected chi connectivity index (χ0v) is 13.6. The van der Waals surface area contributed by atoms with E-state index < -0.39 is 0 Å². The lowest BCUT2D eigenvalue weighted by molar-refractivity contribution is 0.351. The molecule has 0 N–H and O–H groups in total. The Bertz CT molecular complexity index is 354. The van der Waals surface area contributed by atoms with E-state index in [-0.39, 0.29) is 5.57 Å². The molecule has 0 rings (SSSR count). The maximum Gasteiger partial charge on any atom is 0.129 e. The summed E-state index contributed by atoms with van der Waals surface area (Å²) in [5, 5.41) is 17.4. The Morgan fingerprint density at radius 1 is 0.857 bits per heavy atom. The van der Waals surface area contributed by atoms with Crippen LogP contribution in [-0.4, -0.2) is 18.0 Å². The first-order valence-corrected chi connectivity index (χ1v) is 8.21. The molecule has 21 heavy (non-hydrogen) atoms. The maximum absolute atomic E-state index is 8.70. The van der Waals surface area contributed by atoms with Crippen molar-refractivity contribution in [3.05, 3.63) is 23.9 Å². The van der Waals surface area contributed by atoms with Crippen LogP contribution in [0.5, 0.6) is 0 Å². The molecule has 0 aromatic rings. The van der Waals surface area contributed by atoms with Gasteiger partial charge < -0.3 is 4.90 Å². The standard InChI is InChI=1S/C18H29N3/c1-3-5-7-9-13-21(14-10-8-6-4-2)15-11-12-18(16-19)17-20/h11-12,15H,3-10,13-14H2,1-2H3/b15-11+. The fraction of sp³-hybridized carbons (Fsp3) is 0.667. The predicted octanol–water partition coefficient (Wildman–Crippen LogP) is 4.94. The third-order valence-electron chi connectivity index (χ3n) is 3.40. The molecule has 3 heteroatoms. The molecule has 0 aliphatic rings. The van der Waals surface area contributed by atoms with E-state index in [2.05, 4.69) is 18.7 Å². The Morgan fingerprint density at radius 3 is 1.81 bits per heavy atom. The van der Waals surface area contributed by atoms with Gasteiger partial charge in [-0.2, -0.15) is 10.5 Å². The first-order chi connectivity index (χ1) is 10.3. The van der Waals surface area contributed by atoms with Crippen LogP contribution in [0.15, 0.2) is 23.9 Å². The molecular weight excluding hydrogens is 258 g/mol. The normalized spacial score (nSPS) is 10.1. The van der Waals surface area contributed by atoms with Crippen molar-refractivity contribution >= 4 is 0 Å². The lowest BCUT2D eigenvalue weighted by Crippen LogP contribution is -2.20. The highest BCUT2D eigenvalue weighted by Gasteiger charge is 1.99. The first-order valence-electron chi connectivity index (χ1n) is 8.21. The molecular formula is C18H29N3. The maximum atomic E-state index is 8.70. The molecule has 0 aliphatic carbocycles. The minimum absolute atomic E-state index is 0.156. The van der Waals surface area contributed by atoms with Crippen molar-refractivity contribution in [1.29, 1.82) is 10.5 Å². The molecule has 0 aromatic heterocycles. The van der Waals surface area contributed by atoms with E-state index in [1.54, 1.807) is 6.08 Å². The number of nitrogens with zero attached hydrogens (tertiary/aromatic N) is 3. The first kappa shape index (κ1) is 19.3. The molecule has 116 valence electrons. The van der Waals surface area contributed by atoms with Crippen molar-refractivity contribution in [2.24, 2.45) is 0 Å². The monoisotopic (exact) mass is 287 g/mol. The molecule has 0 fully saturated rings. The zero-order chi connectivity index (χ0) is 15.8. The summed E-state index contributed by atoms with van der Waals surface area (Å²) in [5.74, 6) is 0. The lowest BCUT2D eigenvalue weighted by atomic mass is 10.2.